The minimum absolute atomic E-state index is 0.644. The Bertz CT molecular complexity index is 633. The lowest BCUT2D eigenvalue weighted by molar-refractivity contribution is 0.797. The van der Waals surface area contributed by atoms with Crippen molar-refractivity contribution in [3.05, 3.63) is 45.8 Å². The number of hydrogen-bond donors (Lipinski definition) is 2. The van der Waals surface area contributed by atoms with Crippen LogP contribution in [0.4, 0.5) is 5.82 Å². The predicted molar refractivity (Wildman–Crippen MR) is 94.7 cm³/mol. The molecule has 0 aromatic carbocycles. The van der Waals surface area contributed by atoms with E-state index in [2.05, 4.69) is 39.7 Å². The van der Waals surface area contributed by atoms with Gasteiger partial charge in [0.05, 0.1) is 18.8 Å². The number of thiophene rings is 1. The Hall–Kier alpha value is -2.08. The lowest BCUT2D eigenvalue weighted by atomic mass is 10.3. The second-order valence-electron chi connectivity index (χ2n) is 5.17. The van der Waals surface area contributed by atoms with Crippen LogP contribution in [-0.2, 0) is 13.1 Å². The maximum atomic E-state index is 4.58. The Kier molecular flexibility index (Phi) is 5.77. The summed E-state index contributed by atoms with van der Waals surface area (Å²) in [6.45, 7) is 3.54. The molecule has 22 heavy (non-hydrogen) atoms. The summed E-state index contributed by atoms with van der Waals surface area (Å²) in [5.74, 6) is 1.74. The first-order valence-electron chi connectivity index (χ1n) is 7.21. The molecule has 0 saturated heterocycles. The number of pyridine rings is 1. The van der Waals surface area contributed by atoms with Crippen LogP contribution >= 0.6 is 11.3 Å². The molecule has 0 saturated carbocycles. The van der Waals surface area contributed by atoms with Gasteiger partial charge in [0.2, 0.25) is 0 Å². The fourth-order valence-corrected chi connectivity index (χ4v) is 2.79. The van der Waals surface area contributed by atoms with Crippen molar-refractivity contribution in [1.82, 2.24) is 15.6 Å². The number of anilines is 1. The van der Waals surface area contributed by atoms with Crippen LogP contribution in [0, 0.1) is 6.92 Å². The van der Waals surface area contributed by atoms with Crippen molar-refractivity contribution in [3.8, 4) is 0 Å². The molecule has 0 bridgehead atoms. The summed E-state index contributed by atoms with van der Waals surface area (Å²) in [4.78, 5) is 13.4. The van der Waals surface area contributed by atoms with Gasteiger partial charge in [0.25, 0.3) is 0 Å². The fraction of sp³-hybridized carbons (Fsp3) is 0.375. The van der Waals surface area contributed by atoms with Gasteiger partial charge in [-0.1, -0.05) is 6.07 Å². The highest BCUT2D eigenvalue weighted by molar-refractivity contribution is 7.11. The highest BCUT2D eigenvalue weighted by Gasteiger charge is 2.03. The molecule has 0 aliphatic carbocycles. The third-order valence-corrected chi connectivity index (χ3v) is 4.14. The molecular formula is C16H23N5S. The topological polar surface area (TPSA) is 52.6 Å². The van der Waals surface area contributed by atoms with Crippen LogP contribution in [0.15, 0.2) is 35.3 Å². The van der Waals surface area contributed by atoms with Crippen LogP contribution < -0.4 is 15.5 Å². The zero-order valence-corrected chi connectivity index (χ0v) is 14.4. The molecule has 118 valence electrons. The average Bonchev–Trinajstić information content (AvgIpc) is 2.93. The summed E-state index contributed by atoms with van der Waals surface area (Å²) in [6, 6.07) is 10.3. The summed E-state index contributed by atoms with van der Waals surface area (Å²) < 4.78 is 0. The van der Waals surface area contributed by atoms with E-state index in [-0.39, 0.29) is 0 Å². The number of hydrogen-bond acceptors (Lipinski definition) is 4. The number of nitrogens with one attached hydrogen (secondary N) is 2. The van der Waals surface area contributed by atoms with Crippen molar-refractivity contribution < 1.29 is 0 Å². The van der Waals surface area contributed by atoms with Crippen molar-refractivity contribution in [1.29, 1.82) is 0 Å². The Labute approximate surface area is 136 Å². The van der Waals surface area contributed by atoms with E-state index in [1.807, 2.05) is 37.2 Å². The van der Waals surface area contributed by atoms with E-state index < -0.39 is 0 Å². The normalized spacial score (nSPS) is 11.4. The van der Waals surface area contributed by atoms with E-state index in [0.29, 0.717) is 6.54 Å². The van der Waals surface area contributed by atoms with Gasteiger partial charge >= 0.3 is 0 Å². The zero-order valence-electron chi connectivity index (χ0n) is 13.6. The lowest BCUT2D eigenvalue weighted by Gasteiger charge is -2.14. The molecule has 2 aromatic heterocycles. The van der Waals surface area contributed by atoms with E-state index in [4.69, 9.17) is 0 Å². The van der Waals surface area contributed by atoms with Crippen LogP contribution in [0.2, 0.25) is 0 Å². The Morgan fingerprint density at radius 3 is 2.59 bits per heavy atom. The van der Waals surface area contributed by atoms with Gasteiger partial charge in [0.15, 0.2) is 5.96 Å². The van der Waals surface area contributed by atoms with Crippen molar-refractivity contribution in [2.45, 2.75) is 20.0 Å². The maximum Gasteiger partial charge on any atom is 0.191 e. The molecule has 6 heteroatoms. The summed E-state index contributed by atoms with van der Waals surface area (Å²) in [5.41, 5.74) is 0.987. The SMILES string of the molecule is CN=C(NCc1cccc(N(C)C)n1)NCc1ccc(C)s1. The van der Waals surface area contributed by atoms with Crippen molar-refractivity contribution in [3.63, 3.8) is 0 Å². The Morgan fingerprint density at radius 1 is 1.18 bits per heavy atom. The van der Waals surface area contributed by atoms with Gasteiger partial charge in [-0.25, -0.2) is 4.98 Å². The highest BCUT2D eigenvalue weighted by atomic mass is 32.1. The van der Waals surface area contributed by atoms with Crippen LogP contribution in [-0.4, -0.2) is 32.1 Å². The van der Waals surface area contributed by atoms with E-state index in [1.165, 1.54) is 9.75 Å². The monoisotopic (exact) mass is 317 g/mol. The summed E-state index contributed by atoms with van der Waals surface area (Å²) in [7, 11) is 5.75. The van der Waals surface area contributed by atoms with Gasteiger partial charge in [0.1, 0.15) is 5.82 Å². The van der Waals surface area contributed by atoms with E-state index in [1.54, 1.807) is 18.4 Å². The van der Waals surface area contributed by atoms with Crippen molar-refractivity contribution in [2.24, 2.45) is 4.99 Å². The molecule has 0 unspecified atom stereocenters. The fourth-order valence-electron chi connectivity index (χ4n) is 1.96. The number of rotatable bonds is 5. The molecule has 0 amide bonds. The van der Waals surface area contributed by atoms with Crippen LogP contribution in [0.1, 0.15) is 15.4 Å². The van der Waals surface area contributed by atoms with Gasteiger partial charge in [-0.05, 0) is 31.2 Å². The second kappa shape index (κ2) is 7.79. The molecule has 0 atom stereocenters. The number of aliphatic imine (C=N–C) groups is 1. The molecule has 5 nitrogen and oxygen atoms in total. The molecule has 2 heterocycles. The summed E-state index contributed by atoms with van der Waals surface area (Å²) >= 11 is 1.80. The van der Waals surface area contributed by atoms with Crippen molar-refractivity contribution >= 4 is 23.1 Å². The number of aromatic nitrogens is 1. The molecule has 2 N–H and O–H groups in total. The maximum absolute atomic E-state index is 4.58. The predicted octanol–water partition coefficient (Wildman–Crippen LogP) is 2.38. The Balaban J connectivity index is 1.87. The van der Waals surface area contributed by atoms with Gasteiger partial charge in [-0.15, -0.1) is 11.3 Å². The largest absolute Gasteiger partial charge is 0.363 e. The standard InChI is InChI=1S/C16H23N5S/c1-12-8-9-14(22-12)11-19-16(17-2)18-10-13-6-5-7-15(20-13)21(3)4/h5-9H,10-11H2,1-4H3,(H2,17,18,19). The summed E-state index contributed by atoms with van der Waals surface area (Å²) in [5, 5.41) is 6.61. The smallest absolute Gasteiger partial charge is 0.191 e. The third-order valence-electron chi connectivity index (χ3n) is 3.14. The van der Waals surface area contributed by atoms with Gasteiger partial charge in [0, 0.05) is 30.9 Å². The molecule has 0 aliphatic rings. The molecule has 0 aliphatic heterocycles. The average molecular weight is 317 g/mol. The van der Waals surface area contributed by atoms with Crippen LogP contribution in [0.3, 0.4) is 0 Å². The first kappa shape index (κ1) is 16.3. The van der Waals surface area contributed by atoms with Crippen molar-refractivity contribution in [2.75, 3.05) is 26.0 Å². The lowest BCUT2D eigenvalue weighted by Crippen LogP contribution is -2.36. The van der Waals surface area contributed by atoms with Gasteiger partial charge in [-0.3, -0.25) is 4.99 Å². The minimum Gasteiger partial charge on any atom is -0.363 e. The van der Waals surface area contributed by atoms with Gasteiger partial charge < -0.3 is 15.5 Å². The number of nitrogens with zero attached hydrogens (tertiary/aromatic N) is 3. The van der Waals surface area contributed by atoms with Crippen LogP contribution in [0.25, 0.3) is 0 Å². The molecular weight excluding hydrogens is 294 g/mol. The molecule has 0 radical (unpaired) electrons. The molecule has 0 fully saturated rings. The third kappa shape index (κ3) is 4.73. The van der Waals surface area contributed by atoms with Crippen LogP contribution in [0.5, 0.6) is 0 Å². The minimum atomic E-state index is 0.644. The first-order valence-corrected chi connectivity index (χ1v) is 8.03. The molecule has 2 rings (SSSR count). The second-order valence-corrected chi connectivity index (χ2v) is 6.55. The van der Waals surface area contributed by atoms with E-state index >= 15 is 0 Å². The highest BCUT2D eigenvalue weighted by Crippen LogP contribution is 2.14. The van der Waals surface area contributed by atoms with E-state index in [0.717, 1.165) is 24.0 Å². The zero-order chi connectivity index (χ0) is 15.9. The van der Waals surface area contributed by atoms with E-state index in [9.17, 15) is 0 Å². The van der Waals surface area contributed by atoms with Gasteiger partial charge in [-0.2, -0.15) is 0 Å². The summed E-state index contributed by atoms with van der Waals surface area (Å²) in [6.07, 6.45) is 0. The first-order chi connectivity index (χ1) is 10.6. The Morgan fingerprint density at radius 2 is 1.95 bits per heavy atom. The quantitative estimate of drug-likeness (QED) is 0.657. The molecule has 0 spiro atoms. The number of aryl methyl sites for hydroxylation is 1. The molecule has 2 aromatic rings. The number of guanidine groups is 1.